The Kier molecular flexibility index (Phi) is 3.21. The molecule has 0 bridgehead atoms. The van der Waals surface area contributed by atoms with E-state index in [1.165, 1.54) is 5.56 Å². The molecule has 2 unspecified atom stereocenters. The Morgan fingerprint density at radius 1 is 1.43 bits per heavy atom. The Balaban J connectivity index is 2.14. The number of nitrogens with one attached hydrogen (secondary N) is 1. The zero-order chi connectivity index (χ0) is 9.97. The third-order valence-corrected chi connectivity index (χ3v) is 2.88. The lowest BCUT2D eigenvalue weighted by Gasteiger charge is -2.29. The van der Waals surface area contributed by atoms with Crippen molar-refractivity contribution in [1.29, 1.82) is 0 Å². The fourth-order valence-corrected chi connectivity index (χ4v) is 2.14. The largest absolute Gasteiger partial charge is 0.378 e. The molecule has 76 valence electrons. The highest BCUT2D eigenvalue weighted by molar-refractivity contribution is 9.10. The minimum absolute atomic E-state index is 0.330. The third kappa shape index (κ3) is 2.35. The average Bonchev–Trinajstić information content (AvgIpc) is 2.18. The fraction of sp³-hybridized carbons (Fsp3) is 0.455. The van der Waals surface area contributed by atoms with Crippen molar-refractivity contribution >= 4 is 15.9 Å². The first kappa shape index (κ1) is 10.1. The summed E-state index contributed by atoms with van der Waals surface area (Å²) in [7, 11) is 0. The van der Waals surface area contributed by atoms with E-state index in [1.807, 2.05) is 6.07 Å². The molecule has 1 fully saturated rings. The minimum Gasteiger partial charge on any atom is -0.378 e. The van der Waals surface area contributed by atoms with Crippen LogP contribution in [0.4, 0.5) is 0 Å². The summed E-state index contributed by atoms with van der Waals surface area (Å²) >= 11 is 3.48. The van der Waals surface area contributed by atoms with E-state index in [0.717, 1.165) is 17.7 Å². The summed E-state index contributed by atoms with van der Waals surface area (Å²) in [5.41, 5.74) is 1.28. The smallest absolute Gasteiger partial charge is 0.0662 e. The molecular weight excluding hydrogens is 242 g/mol. The first-order valence-electron chi connectivity index (χ1n) is 4.85. The van der Waals surface area contributed by atoms with Crippen molar-refractivity contribution in [2.24, 2.45) is 0 Å². The van der Waals surface area contributed by atoms with Gasteiger partial charge < -0.3 is 10.1 Å². The van der Waals surface area contributed by atoms with E-state index in [9.17, 15) is 0 Å². The van der Waals surface area contributed by atoms with Gasteiger partial charge in [0, 0.05) is 10.5 Å². The van der Waals surface area contributed by atoms with Crippen LogP contribution < -0.4 is 5.32 Å². The first-order chi connectivity index (χ1) is 6.75. The van der Waals surface area contributed by atoms with Gasteiger partial charge in [-0.25, -0.2) is 0 Å². The van der Waals surface area contributed by atoms with Crippen LogP contribution >= 0.6 is 15.9 Å². The van der Waals surface area contributed by atoms with Crippen LogP contribution in [0.3, 0.4) is 0 Å². The summed E-state index contributed by atoms with van der Waals surface area (Å²) in [6.45, 7) is 3.72. The number of benzene rings is 1. The Morgan fingerprint density at radius 2 is 2.29 bits per heavy atom. The molecule has 1 aromatic rings. The van der Waals surface area contributed by atoms with Gasteiger partial charge in [0.2, 0.25) is 0 Å². The number of hydrogen-bond donors (Lipinski definition) is 1. The van der Waals surface area contributed by atoms with Gasteiger partial charge in [-0.2, -0.15) is 0 Å². The van der Waals surface area contributed by atoms with Crippen molar-refractivity contribution in [2.75, 3.05) is 13.2 Å². The van der Waals surface area contributed by atoms with Crippen LogP contribution in [0, 0.1) is 0 Å². The lowest BCUT2D eigenvalue weighted by molar-refractivity contribution is 0.0504. The molecule has 2 nitrogen and oxygen atoms in total. The molecule has 1 aliphatic heterocycles. The normalized spacial score (nSPS) is 27.6. The number of ether oxygens (including phenoxy) is 1. The molecule has 2 rings (SSSR count). The molecule has 1 saturated heterocycles. The predicted molar refractivity (Wildman–Crippen MR) is 60.3 cm³/mol. The first-order valence-corrected chi connectivity index (χ1v) is 5.64. The maximum absolute atomic E-state index is 5.51. The van der Waals surface area contributed by atoms with Gasteiger partial charge in [0.1, 0.15) is 0 Å². The van der Waals surface area contributed by atoms with Crippen molar-refractivity contribution in [3.63, 3.8) is 0 Å². The molecule has 0 aromatic heterocycles. The number of morpholine rings is 1. The molecule has 1 aromatic carbocycles. The van der Waals surface area contributed by atoms with E-state index in [1.54, 1.807) is 0 Å². The minimum atomic E-state index is 0.330. The van der Waals surface area contributed by atoms with E-state index >= 15 is 0 Å². The molecule has 0 radical (unpaired) electrons. The maximum Gasteiger partial charge on any atom is 0.0662 e. The van der Waals surface area contributed by atoms with Gasteiger partial charge in [-0.05, 0) is 24.6 Å². The quantitative estimate of drug-likeness (QED) is 0.833. The zero-order valence-electron chi connectivity index (χ0n) is 8.16. The Hall–Kier alpha value is -0.380. The molecule has 1 N–H and O–H groups in total. The standard InChI is InChI=1S/C11H14BrNO/c1-8-6-14-7-11(13-8)9-3-2-4-10(12)5-9/h2-5,8,11,13H,6-7H2,1H3. The van der Waals surface area contributed by atoms with Gasteiger partial charge in [0.15, 0.2) is 0 Å². The van der Waals surface area contributed by atoms with Crippen molar-refractivity contribution in [3.05, 3.63) is 34.3 Å². The Labute approximate surface area is 92.8 Å². The Bertz CT molecular complexity index is 316. The van der Waals surface area contributed by atoms with Gasteiger partial charge in [-0.3, -0.25) is 0 Å². The third-order valence-electron chi connectivity index (χ3n) is 2.39. The Morgan fingerprint density at radius 3 is 3.00 bits per heavy atom. The highest BCUT2D eigenvalue weighted by Crippen LogP contribution is 2.20. The molecule has 1 heterocycles. The van der Waals surface area contributed by atoms with Gasteiger partial charge in [-0.15, -0.1) is 0 Å². The van der Waals surface area contributed by atoms with E-state index in [0.29, 0.717) is 12.1 Å². The van der Waals surface area contributed by atoms with E-state index in [4.69, 9.17) is 4.74 Å². The average molecular weight is 256 g/mol. The summed E-state index contributed by atoms with van der Waals surface area (Å²) in [6.07, 6.45) is 0. The molecule has 3 heteroatoms. The van der Waals surface area contributed by atoms with E-state index < -0.39 is 0 Å². The predicted octanol–water partition coefficient (Wildman–Crippen LogP) is 2.50. The van der Waals surface area contributed by atoms with E-state index in [-0.39, 0.29) is 0 Å². The summed E-state index contributed by atoms with van der Waals surface area (Å²) in [6, 6.07) is 9.13. The monoisotopic (exact) mass is 255 g/mol. The zero-order valence-corrected chi connectivity index (χ0v) is 9.75. The number of rotatable bonds is 1. The van der Waals surface area contributed by atoms with Crippen LogP contribution in [-0.2, 0) is 4.74 Å². The van der Waals surface area contributed by atoms with Crippen LogP contribution in [0.15, 0.2) is 28.7 Å². The van der Waals surface area contributed by atoms with E-state index in [2.05, 4.69) is 46.4 Å². The number of halogens is 1. The van der Waals surface area contributed by atoms with Crippen LogP contribution in [0.5, 0.6) is 0 Å². The van der Waals surface area contributed by atoms with Crippen molar-refractivity contribution in [3.8, 4) is 0 Å². The van der Waals surface area contributed by atoms with Gasteiger partial charge >= 0.3 is 0 Å². The van der Waals surface area contributed by atoms with Crippen LogP contribution in [0.2, 0.25) is 0 Å². The summed E-state index contributed by atoms with van der Waals surface area (Å²) < 4.78 is 6.63. The molecule has 0 aliphatic carbocycles. The van der Waals surface area contributed by atoms with Crippen molar-refractivity contribution in [1.82, 2.24) is 5.32 Å². The second-order valence-electron chi connectivity index (χ2n) is 3.71. The lowest BCUT2D eigenvalue weighted by atomic mass is 10.1. The van der Waals surface area contributed by atoms with Crippen molar-refractivity contribution in [2.45, 2.75) is 19.0 Å². The van der Waals surface area contributed by atoms with Crippen molar-refractivity contribution < 1.29 is 4.74 Å². The topological polar surface area (TPSA) is 21.3 Å². The molecular formula is C11H14BrNO. The van der Waals surface area contributed by atoms with Crippen LogP contribution in [0.25, 0.3) is 0 Å². The number of hydrogen-bond acceptors (Lipinski definition) is 2. The molecule has 0 saturated carbocycles. The summed E-state index contributed by atoms with van der Waals surface area (Å²) in [4.78, 5) is 0. The highest BCUT2D eigenvalue weighted by Gasteiger charge is 2.19. The molecule has 0 amide bonds. The summed E-state index contributed by atoms with van der Waals surface area (Å²) in [5.74, 6) is 0. The maximum atomic E-state index is 5.51. The SMILES string of the molecule is CC1COCC(c2cccc(Br)c2)N1. The molecule has 14 heavy (non-hydrogen) atoms. The fourth-order valence-electron chi connectivity index (χ4n) is 1.72. The van der Waals surface area contributed by atoms with Gasteiger partial charge in [-0.1, -0.05) is 28.1 Å². The molecule has 1 aliphatic rings. The second kappa shape index (κ2) is 4.43. The second-order valence-corrected chi connectivity index (χ2v) is 4.63. The van der Waals surface area contributed by atoms with Crippen LogP contribution in [0.1, 0.15) is 18.5 Å². The lowest BCUT2D eigenvalue weighted by Crippen LogP contribution is -2.41. The van der Waals surface area contributed by atoms with Gasteiger partial charge in [0.25, 0.3) is 0 Å². The van der Waals surface area contributed by atoms with Gasteiger partial charge in [0.05, 0.1) is 19.3 Å². The highest BCUT2D eigenvalue weighted by atomic mass is 79.9. The summed E-state index contributed by atoms with van der Waals surface area (Å²) in [5, 5.41) is 3.51. The van der Waals surface area contributed by atoms with Crippen LogP contribution in [-0.4, -0.2) is 19.3 Å². The molecule has 0 spiro atoms. The molecule has 2 atom stereocenters.